The second-order valence-electron chi connectivity index (χ2n) is 5.01. The van der Waals surface area contributed by atoms with E-state index in [4.69, 9.17) is 0 Å². The summed E-state index contributed by atoms with van der Waals surface area (Å²) < 4.78 is 0. The van der Waals surface area contributed by atoms with Crippen molar-refractivity contribution >= 4 is 0 Å². The molecule has 2 rings (SSSR count). The molecular formula is C17H22N2. The number of hydrogen-bond acceptors (Lipinski definition) is 2. The minimum atomic E-state index is 0.257. The summed E-state index contributed by atoms with van der Waals surface area (Å²) in [5, 5.41) is 3.66. The van der Waals surface area contributed by atoms with Crippen molar-refractivity contribution in [2.45, 2.75) is 39.3 Å². The van der Waals surface area contributed by atoms with E-state index in [-0.39, 0.29) is 6.04 Å². The minimum absolute atomic E-state index is 0.257. The van der Waals surface area contributed by atoms with Gasteiger partial charge in [0.2, 0.25) is 0 Å². The predicted octanol–water partition coefficient (Wildman–Crippen LogP) is 4.19. The molecule has 0 bridgehead atoms. The Morgan fingerprint density at radius 1 is 1.11 bits per heavy atom. The van der Waals surface area contributed by atoms with E-state index in [1.54, 1.807) is 0 Å². The molecule has 2 heteroatoms. The molecule has 2 nitrogen and oxygen atoms in total. The molecule has 0 aliphatic carbocycles. The van der Waals surface area contributed by atoms with Crippen LogP contribution < -0.4 is 5.32 Å². The Hall–Kier alpha value is -1.67. The first-order valence-corrected chi connectivity index (χ1v) is 6.94. The van der Waals surface area contributed by atoms with Crippen LogP contribution in [0.3, 0.4) is 0 Å². The maximum Gasteiger partial charge on any atom is 0.0570 e. The fourth-order valence-corrected chi connectivity index (χ4v) is 2.27. The zero-order valence-electron chi connectivity index (χ0n) is 11.9. The molecule has 0 aliphatic rings. The molecule has 0 radical (unpaired) electrons. The zero-order chi connectivity index (χ0) is 13.7. The Morgan fingerprint density at radius 2 is 1.84 bits per heavy atom. The summed E-state index contributed by atoms with van der Waals surface area (Å²) in [5.41, 5.74) is 3.74. The molecule has 0 fully saturated rings. The van der Waals surface area contributed by atoms with Gasteiger partial charge in [0.1, 0.15) is 0 Å². The van der Waals surface area contributed by atoms with Crippen molar-refractivity contribution < 1.29 is 0 Å². The van der Waals surface area contributed by atoms with Crippen LogP contribution in [0, 0.1) is 6.92 Å². The fourth-order valence-electron chi connectivity index (χ4n) is 2.27. The van der Waals surface area contributed by atoms with Crippen LogP contribution in [0.5, 0.6) is 0 Å². The zero-order valence-corrected chi connectivity index (χ0v) is 11.9. The summed E-state index contributed by atoms with van der Waals surface area (Å²) in [4.78, 5) is 4.41. The van der Waals surface area contributed by atoms with E-state index in [1.807, 2.05) is 18.3 Å². The number of pyridine rings is 1. The first-order valence-electron chi connectivity index (χ1n) is 6.94. The van der Waals surface area contributed by atoms with Crippen molar-refractivity contribution in [3.8, 4) is 0 Å². The average Bonchev–Trinajstić information content (AvgIpc) is 2.46. The van der Waals surface area contributed by atoms with Crippen LogP contribution in [0.2, 0.25) is 0 Å². The highest BCUT2D eigenvalue weighted by atomic mass is 15.0. The van der Waals surface area contributed by atoms with Gasteiger partial charge >= 0.3 is 0 Å². The number of rotatable bonds is 5. The molecule has 100 valence electrons. The Balaban J connectivity index is 2.09. The van der Waals surface area contributed by atoms with Crippen LogP contribution in [0.15, 0.2) is 48.7 Å². The molecule has 1 N–H and O–H groups in total. The van der Waals surface area contributed by atoms with Gasteiger partial charge in [0, 0.05) is 18.3 Å². The quantitative estimate of drug-likeness (QED) is 0.865. The molecule has 2 aromatic rings. The summed E-state index contributed by atoms with van der Waals surface area (Å²) in [6.07, 6.45) is 2.92. The van der Waals surface area contributed by atoms with Crippen LogP contribution in [0.4, 0.5) is 0 Å². The fraction of sp³-hybridized carbons (Fsp3) is 0.353. The van der Waals surface area contributed by atoms with Gasteiger partial charge in [-0.3, -0.25) is 4.98 Å². The van der Waals surface area contributed by atoms with Crippen LogP contribution >= 0.6 is 0 Å². The molecule has 1 aromatic carbocycles. The van der Waals surface area contributed by atoms with E-state index >= 15 is 0 Å². The van der Waals surface area contributed by atoms with E-state index < -0.39 is 0 Å². The van der Waals surface area contributed by atoms with E-state index in [9.17, 15) is 0 Å². The van der Waals surface area contributed by atoms with Gasteiger partial charge in [-0.15, -0.1) is 0 Å². The van der Waals surface area contributed by atoms with E-state index in [1.165, 1.54) is 11.1 Å². The van der Waals surface area contributed by atoms with Gasteiger partial charge in [0.15, 0.2) is 0 Å². The third kappa shape index (κ3) is 3.65. The summed E-state index contributed by atoms with van der Waals surface area (Å²) in [6.45, 7) is 6.50. The molecule has 1 unspecified atom stereocenters. The highest BCUT2D eigenvalue weighted by Gasteiger charge is 2.14. The van der Waals surface area contributed by atoms with Gasteiger partial charge in [-0.1, -0.05) is 42.8 Å². The number of nitrogens with zero attached hydrogens (tertiary/aromatic N) is 1. The number of hydrogen-bond donors (Lipinski definition) is 1. The first kappa shape index (κ1) is 13.8. The molecule has 0 saturated heterocycles. The first-order chi connectivity index (χ1) is 9.20. The van der Waals surface area contributed by atoms with E-state index in [0.29, 0.717) is 6.04 Å². The Labute approximate surface area is 115 Å². The molecule has 2 atom stereocenters. The largest absolute Gasteiger partial charge is 0.302 e. The second-order valence-corrected chi connectivity index (χ2v) is 5.01. The lowest BCUT2D eigenvalue weighted by atomic mass is 10.0. The van der Waals surface area contributed by atoms with Gasteiger partial charge in [0.25, 0.3) is 0 Å². The molecule has 0 saturated carbocycles. The van der Waals surface area contributed by atoms with Crippen molar-refractivity contribution in [1.82, 2.24) is 10.3 Å². The third-order valence-corrected chi connectivity index (χ3v) is 3.47. The van der Waals surface area contributed by atoms with Crippen molar-refractivity contribution in [3.05, 3.63) is 65.5 Å². The van der Waals surface area contributed by atoms with Gasteiger partial charge in [-0.25, -0.2) is 0 Å². The van der Waals surface area contributed by atoms with Crippen LogP contribution in [-0.2, 0) is 0 Å². The van der Waals surface area contributed by atoms with Crippen molar-refractivity contribution in [2.24, 2.45) is 0 Å². The topological polar surface area (TPSA) is 24.9 Å². The minimum Gasteiger partial charge on any atom is -0.302 e. The molecule has 1 aromatic heterocycles. The van der Waals surface area contributed by atoms with Crippen LogP contribution in [0.1, 0.15) is 49.2 Å². The molecule has 0 amide bonds. The third-order valence-electron chi connectivity index (χ3n) is 3.47. The lowest BCUT2D eigenvalue weighted by molar-refractivity contribution is 0.450. The van der Waals surface area contributed by atoms with E-state index in [0.717, 1.165) is 12.1 Å². The summed E-state index contributed by atoms with van der Waals surface area (Å²) in [7, 11) is 0. The van der Waals surface area contributed by atoms with Gasteiger partial charge in [-0.2, -0.15) is 0 Å². The molecule has 0 spiro atoms. The normalized spacial score (nSPS) is 14.1. The highest BCUT2D eigenvalue weighted by molar-refractivity contribution is 5.24. The van der Waals surface area contributed by atoms with Crippen LogP contribution in [0.25, 0.3) is 0 Å². The summed E-state index contributed by atoms with van der Waals surface area (Å²) in [6, 6.07) is 15.4. The van der Waals surface area contributed by atoms with Crippen molar-refractivity contribution in [2.75, 3.05) is 0 Å². The Morgan fingerprint density at radius 3 is 2.42 bits per heavy atom. The lowest BCUT2D eigenvalue weighted by Gasteiger charge is -2.22. The smallest absolute Gasteiger partial charge is 0.0570 e. The van der Waals surface area contributed by atoms with Gasteiger partial charge in [-0.05, 0) is 38.0 Å². The molecule has 1 heterocycles. The van der Waals surface area contributed by atoms with Gasteiger partial charge < -0.3 is 5.32 Å². The summed E-state index contributed by atoms with van der Waals surface area (Å²) in [5.74, 6) is 0. The standard InChI is InChI=1S/C17H22N2/c1-4-16(15-10-8-13(2)9-11-15)19-14(3)17-7-5-6-12-18-17/h5-12,14,16,19H,4H2,1-3H3/t14-,16?/m0/s1. The average molecular weight is 254 g/mol. The number of nitrogens with one attached hydrogen (secondary N) is 1. The highest BCUT2D eigenvalue weighted by Crippen LogP contribution is 2.21. The van der Waals surface area contributed by atoms with Gasteiger partial charge in [0.05, 0.1) is 5.69 Å². The number of aromatic nitrogens is 1. The molecule has 19 heavy (non-hydrogen) atoms. The SMILES string of the molecule is CCC(N[C@@H](C)c1ccccn1)c1ccc(C)cc1. The molecule has 0 aliphatic heterocycles. The maximum absolute atomic E-state index is 4.41. The number of aryl methyl sites for hydroxylation is 1. The lowest BCUT2D eigenvalue weighted by Crippen LogP contribution is -2.24. The Kier molecular flexibility index (Phi) is 4.69. The second kappa shape index (κ2) is 6.48. The predicted molar refractivity (Wildman–Crippen MR) is 80.0 cm³/mol. The van der Waals surface area contributed by atoms with E-state index in [2.05, 4.69) is 61.4 Å². The monoisotopic (exact) mass is 254 g/mol. The summed E-state index contributed by atoms with van der Waals surface area (Å²) >= 11 is 0. The molecular weight excluding hydrogens is 232 g/mol. The maximum atomic E-state index is 4.41. The number of benzene rings is 1. The van der Waals surface area contributed by atoms with Crippen molar-refractivity contribution in [1.29, 1.82) is 0 Å². The Bertz CT molecular complexity index is 490. The van der Waals surface area contributed by atoms with Crippen molar-refractivity contribution in [3.63, 3.8) is 0 Å². The van der Waals surface area contributed by atoms with Crippen LogP contribution in [-0.4, -0.2) is 4.98 Å².